The van der Waals surface area contributed by atoms with Gasteiger partial charge in [-0.3, -0.25) is 4.90 Å². The van der Waals surface area contributed by atoms with Crippen LogP contribution in [-0.4, -0.2) is 66.3 Å². The number of carbonyl (C=O) groups is 1. The maximum absolute atomic E-state index is 11.1. The molecular formula is C21H32N2O3. The molecule has 1 N–H and O–H groups in total. The largest absolute Gasteiger partial charge is 0.478 e. The average Bonchev–Trinajstić information content (AvgIpc) is 2.68. The standard InChI is InChI=1S/C21H32N2O3/c1-2-26-19-10-13-23(15-14-22-11-4-3-5-12-22)20(16-19)17-6-8-18(9-7-17)21(24)25/h6-9,19-20H,2-5,10-16H2,1H3,(H,24,25)/t19-,20-/m0/s1. The summed E-state index contributed by atoms with van der Waals surface area (Å²) < 4.78 is 5.91. The number of nitrogens with zero attached hydrogens (tertiary/aromatic N) is 2. The van der Waals surface area contributed by atoms with Crippen molar-refractivity contribution < 1.29 is 14.6 Å². The molecule has 2 saturated heterocycles. The van der Waals surface area contributed by atoms with Crippen molar-refractivity contribution in [1.29, 1.82) is 0 Å². The Labute approximate surface area is 156 Å². The molecule has 0 unspecified atom stereocenters. The fourth-order valence-electron chi connectivity index (χ4n) is 4.28. The monoisotopic (exact) mass is 360 g/mol. The second-order valence-corrected chi connectivity index (χ2v) is 7.48. The van der Waals surface area contributed by atoms with Crippen LogP contribution in [0, 0.1) is 0 Å². The van der Waals surface area contributed by atoms with Gasteiger partial charge >= 0.3 is 5.97 Å². The number of carboxylic acid groups (broad SMARTS) is 1. The van der Waals surface area contributed by atoms with Crippen LogP contribution in [0.15, 0.2) is 24.3 Å². The summed E-state index contributed by atoms with van der Waals surface area (Å²) >= 11 is 0. The summed E-state index contributed by atoms with van der Waals surface area (Å²) in [7, 11) is 0. The van der Waals surface area contributed by atoms with Crippen LogP contribution in [0.3, 0.4) is 0 Å². The van der Waals surface area contributed by atoms with Gasteiger partial charge in [-0.15, -0.1) is 0 Å². The Balaban J connectivity index is 1.67. The lowest BCUT2D eigenvalue weighted by molar-refractivity contribution is -0.0137. The summed E-state index contributed by atoms with van der Waals surface area (Å²) in [4.78, 5) is 16.3. The minimum absolute atomic E-state index is 0.301. The van der Waals surface area contributed by atoms with Crippen LogP contribution in [-0.2, 0) is 4.74 Å². The maximum Gasteiger partial charge on any atom is 0.335 e. The van der Waals surface area contributed by atoms with Gasteiger partial charge in [0.1, 0.15) is 0 Å². The molecule has 5 heteroatoms. The molecule has 0 aromatic heterocycles. The molecule has 0 saturated carbocycles. The topological polar surface area (TPSA) is 53.0 Å². The summed E-state index contributed by atoms with van der Waals surface area (Å²) in [6, 6.07) is 7.73. The predicted molar refractivity (Wildman–Crippen MR) is 103 cm³/mol. The number of rotatable bonds is 7. The van der Waals surface area contributed by atoms with E-state index in [-0.39, 0.29) is 0 Å². The van der Waals surface area contributed by atoms with Gasteiger partial charge < -0.3 is 14.7 Å². The van der Waals surface area contributed by atoms with Crippen molar-refractivity contribution in [1.82, 2.24) is 9.80 Å². The zero-order valence-corrected chi connectivity index (χ0v) is 15.9. The van der Waals surface area contributed by atoms with Crippen molar-refractivity contribution in [3.8, 4) is 0 Å². The molecule has 1 aromatic rings. The third-order valence-electron chi connectivity index (χ3n) is 5.76. The SMILES string of the molecule is CCO[C@H]1CCN(CCN2CCCCC2)[C@H](c2ccc(C(=O)O)cc2)C1. The molecule has 144 valence electrons. The van der Waals surface area contributed by atoms with Gasteiger partial charge in [-0.05, 0) is 63.4 Å². The highest BCUT2D eigenvalue weighted by Gasteiger charge is 2.30. The Morgan fingerprint density at radius 3 is 2.50 bits per heavy atom. The van der Waals surface area contributed by atoms with Crippen LogP contribution < -0.4 is 0 Å². The van der Waals surface area contributed by atoms with Crippen molar-refractivity contribution >= 4 is 5.97 Å². The Morgan fingerprint density at radius 1 is 1.12 bits per heavy atom. The van der Waals surface area contributed by atoms with Crippen LogP contribution >= 0.6 is 0 Å². The number of aromatic carboxylic acids is 1. The molecule has 26 heavy (non-hydrogen) atoms. The first-order chi connectivity index (χ1) is 12.7. The number of benzene rings is 1. The Morgan fingerprint density at radius 2 is 1.85 bits per heavy atom. The van der Waals surface area contributed by atoms with Gasteiger partial charge in [0.2, 0.25) is 0 Å². The second-order valence-electron chi connectivity index (χ2n) is 7.48. The Bertz CT molecular complexity index is 569. The van der Waals surface area contributed by atoms with Crippen LogP contribution in [0.4, 0.5) is 0 Å². The summed E-state index contributed by atoms with van der Waals surface area (Å²) in [6.07, 6.45) is 6.39. The van der Waals surface area contributed by atoms with E-state index in [0.717, 1.165) is 39.1 Å². The Hall–Kier alpha value is -1.43. The van der Waals surface area contributed by atoms with E-state index in [1.54, 1.807) is 12.1 Å². The lowest BCUT2D eigenvalue weighted by atomic mass is 9.92. The van der Waals surface area contributed by atoms with Crippen molar-refractivity contribution in [2.75, 3.05) is 39.3 Å². The summed E-state index contributed by atoms with van der Waals surface area (Å²) in [5.41, 5.74) is 1.56. The van der Waals surface area contributed by atoms with E-state index in [2.05, 4.69) is 16.7 Å². The first kappa shape index (κ1) is 19.3. The van der Waals surface area contributed by atoms with Gasteiger partial charge in [-0.1, -0.05) is 18.6 Å². The lowest BCUT2D eigenvalue weighted by Gasteiger charge is -2.41. The van der Waals surface area contributed by atoms with Crippen LogP contribution in [0.25, 0.3) is 0 Å². The van der Waals surface area contributed by atoms with E-state index in [0.29, 0.717) is 17.7 Å². The minimum Gasteiger partial charge on any atom is -0.478 e. The quantitative estimate of drug-likeness (QED) is 0.807. The number of carboxylic acids is 1. The highest BCUT2D eigenvalue weighted by Crippen LogP contribution is 2.32. The third kappa shape index (κ3) is 5.06. The van der Waals surface area contributed by atoms with Gasteiger partial charge in [0.15, 0.2) is 0 Å². The molecule has 0 spiro atoms. The molecule has 0 radical (unpaired) electrons. The van der Waals surface area contributed by atoms with Gasteiger partial charge in [0, 0.05) is 32.3 Å². The second kappa shape index (κ2) is 9.49. The highest BCUT2D eigenvalue weighted by atomic mass is 16.5. The molecule has 5 nitrogen and oxygen atoms in total. The maximum atomic E-state index is 11.1. The zero-order chi connectivity index (χ0) is 18.4. The molecule has 2 fully saturated rings. The molecule has 0 bridgehead atoms. The molecule has 1 aromatic carbocycles. The third-order valence-corrected chi connectivity index (χ3v) is 5.76. The fraction of sp³-hybridized carbons (Fsp3) is 0.667. The summed E-state index contributed by atoms with van der Waals surface area (Å²) in [5, 5.41) is 9.14. The van der Waals surface area contributed by atoms with Gasteiger partial charge in [0.05, 0.1) is 11.7 Å². The van der Waals surface area contributed by atoms with Crippen LogP contribution in [0.5, 0.6) is 0 Å². The predicted octanol–water partition coefficient (Wildman–Crippen LogP) is 3.41. The first-order valence-electron chi connectivity index (χ1n) is 10.1. The number of likely N-dealkylation sites (tertiary alicyclic amines) is 2. The molecule has 2 aliphatic heterocycles. The van der Waals surface area contributed by atoms with Gasteiger partial charge in [-0.25, -0.2) is 4.79 Å². The van der Waals surface area contributed by atoms with E-state index >= 15 is 0 Å². The summed E-state index contributed by atoms with van der Waals surface area (Å²) in [6.45, 7) is 8.51. The smallest absolute Gasteiger partial charge is 0.335 e. The molecule has 2 atom stereocenters. The number of ether oxygens (including phenoxy) is 1. The molecule has 2 heterocycles. The normalized spacial score (nSPS) is 25.3. The van der Waals surface area contributed by atoms with E-state index < -0.39 is 5.97 Å². The minimum atomic E-state index is -0.866. The van der Waals surface area contributed by atoms with E-state index in [4.69, 9.17) is 9.84 Å². The number of piperidine rings is 2. The fourth-order valence-corrected chi connectivity index (χ4v) is 4.28. The molecule has 3 rings (SSSR count). The van der Waals surface area contributed by atoms with Crippen molar-refractivity contribution in [2.24, 2.45) is 0 Å². The van der Waals surface area contributed by atoms with Gasteiger partial charge in [-0.2, -0.15) is 0 Å². The highest BCUT2D eigenvalue weighted by molar-refractivity contribution is 5.87. The zero-order valence-electron chi connectivity index (χ0n) is 15.9. The molecule has 2 aliphatic rings. The van der Waals surface area contributed by atoms with Crippen LogP contribution in [0.2, 0.25) is 0 Å². The van der Waals surface area contributed by atoms with E-state index in [1.807, 2.05) is 12.1 Å². The average molecular weight is 360 g/mol. The number of hydrogen-bond donors (Lipinski definition) is 1. The lowest BCUT2D eigenvalue weighted by Crippen LogP contribution is -2.44. The number of hydrogen-bond acceptors (Lipinski definition) is 4. The van der Waals surface area contributed by atoms with E-state index in [9.17, 15) is 4.79 Å². The Kier molecular flexibility index (Phi) is 7.06. The first-order valence-corrected chi connectivity index (χ1v) is 10.1. The molecular weight excluding hydrogens is 328 g/mol. The van der Waals surface area contributed by atoms with Gasteiger partial charge in [0.25, 0.3) is 0 Å². The van der Waals surface area contributed by atoms with Crippen molar-refractivity contribution in [2.45, 2.75) is 51.2 Å². The van der Waals surface area contributed by atoms with Crippen LogP contribution in [0.1, 0.15) is 61.0 Å². The van der Waals surface area contributed by atoms with Crippen molar-refractivity contribution in [3.63, 3.8) is 0 Å². The summed E-state index contributed by atoms with van der Waals surface area (Å²) in [5.74, 6) is -0.866. The van der Waals surface area contributed by atoms with E-state index in [1.165, 1.54) is 37.9 Å². The molecule has 0 amide bonds. The molecule has 0 aliphatic carbocycles. The van der Waals surface area contributed by atoms with Crippen molar-refractivity contribution in [3.05, 3.63) is 35.4 Å².